The van der Waals surface area contributed by atoms with E-state index in [2.05, 4.69) is 43.5 Å². The molecule has 5 heteroatoms. The van der Waals surface area contributed by atoms with Crippen LogP contribution in [0.3, 0.4) is 0 Å². The second-order valence-electron chi connectivity index (χ2n) is 13.5. The van der Waals surface area contributed by atoms with Crippen molar-refractivity contribution >= 4 is 5.91 Å². The smallest absolute Gasteiger partial charge is 0.249 e. The van der Waals surface area contributed by atoms with E-state index in [1.54, 1.807) is 6.08 Å². The maximum atomic E-state index is 12.4. The number of rotatable bonds is 35. The van der Waals surface area contributed by atoms with Crippen LogP contribution >= 0.6 is 0 Å². The van der Waals surface area contributed by atoms with E-state index >= 15 is 0 Å². The van der Waals surface area contributed by atoms with Gasteiger partial charge in [0.05, 0.1) is 18.8 Å². The third kappa shape index (κ3) is 31.2. The Hall–Kier alpha value is -1.43. The minimum Gasteiger partial charge on any atom is -0.394 e. The van der Waals surface area contributed by atoms with Gasteiger partial charge < -0.3 is 20.6 Å². The Labute approximate surface area is 285 Å². The number of unbranched alkanes of at least 4 members (excludes halogenated alkanes) is 23. The molecule has 0 saturated heterocycles. The summed E-state index contributed by atoms with van der Waals surface area (Å²) in [4.78, 5) is 12.4. The Morgan fingerprint density at radius 3 is 1.33 bits per heavy atom. The third-order valence-corrected chi connectivity index (χ3v) is 8.96. The van der Waals surface area contributed by atoms with Crippen molar-refractivity contribution in [3.05, 3.63) is 36.5 Å². The third-order valence-electron chi connectivity index (χ3n) is 8.96. The first-order valence-corrected chi connectivity index (χ1v) is 19.8. The minimum atomic E-state index is -1.10. The summed E-state index contributed by atoms with van der Waals surface area (Å²) in [6.07, 6.45) is 44.6. The van der Waals surface area contributed by atoms with Gasteiger partial charge in [0.25, 0.3) is 0 Å². The minimum absolute atomic E-state index is 0.380. The summed E-state index contributed by atoms with van der Waals surface area (Å²) >= 11 is 0. The molecular weight excluding hydrogens is 570 g/mol. The fourth-order valence-electron chi connectivity index (χ4n) is 5.80. The van der Waals surface area contributed by atoms with E-state index in [4.69, 9.17) is 0 Å². The van der Waals surface area contributed by atoms with Crippen molar-refractivity contribution < 1.29 is 20.1 Å². The number of carbonyl (C=O) groups excluding carboxylic acids is 1. The molecule has 0 saturated carbocycles. The van der Waals surface area contributed by atoms with Crippen molar-refractivity contribution in [1.29, 1.82) is 0 Å². The van der Waals surface area contributed by atoms with E-state index < -0.39 is 24.2 Å². The van der Waals surface area contributed by atoms with E-state index in [1.165, 1.54) is 128 Å². The van der Waals surface area contributed by atoms with Gasteiger partial charge in [-0.2, -0.15) is 0 Å². The average molecular weight is 648 g/mol. The molecule has 0 aliphatic heterocycles. The highest BCUT2D eigenvalue weighted by Gasteiger charge is 2.22. The average Bonchev–Trinajstić information content (AvgIpc) is 3.06. The quantitative estimate of drug-likeness (QED) is 0.0407. The largest absolute Gasteiger partial charge is 0.394 e. The van der Waals surface area contributed by atoms with Gasteiger partial charge in [-0.15, -0.1) is 0 Å². The molecule has 0 rings (SSSR count). The van der Waals surface area contributed by atoms with Gasteiger partial charge in [0.2, 0.25) is 5.91 Å². The second-order valence-corrected chi connectivity index (χ2v) is 13.5. The van der Waals surface area contributed by atoms with E-state index in [0.29, 0.717) is 6.42 Å². The van der Waals surface area contributed by atoms with Crippen LogP contribution in [0.15, 0.2) is 36.5 Å². The number of hydrogen-bond donors (Lipinski definition) is 4. The monoisotopic (exact) mass is 648 g/mol. The van der Waals surface area contributed by atoms with Crippen molar-refractivity contribution in [2.75, 3.05) is 6.61 Å². The Kier molecular flexibility index (Phi) is 35.3. The predicted molar refractivity (Wildman–Crippen MR) is 199 cm³/mol. The molecule has 270 valence electrons. The van der Waals surface area contributed by atoms with Crippen molar-refractivity contribution in [3.63, 3.8) is 0 Å². The summed E-state index contributed by atoms with van der Waals surface area (Å²) < 4.78 is 0. The van der Waals surface area contributed by atoms with E-state index in [1.807, 2.05) is 6.08 Å². The molecule has 0 aliphatic rings. The van der Waals surface area contributed by atoms with Crippen molar-refractivity contribution in [2.24, 2.45) is 0 Å². The van der Waals surface area contributed by atoms with E-state index in [-0.39, 0.29) is 6.61 Å². The summed E-state index contributed by atoms with van der Waals surface area (Å²) in [6.45, 7) is 4.14. The first-order chi connectivity index (χ1) is 22.6. The van der Waals surface area contributed by atoms with Gasteiger partial charge >= 0.3 is 0 Å². The lowest BCUT2D eigenvalue weighted by Gasteiger charge is -2.21. The van der Waals surface area contributed by atoms with Crippen LogP contribution in [0, 0.1) is 0 Å². The molecule has 5 nitrogen and oxygen atoms in total. The van der Waals surface area contributed by atoms with Crippen LogP contribution in [0.25, 0.3) is 0 Å². The fourth-order valence-corrected chi connectivity index (χ4v) is 5.80. The Morgan fingerprint density at radius 2 is 0.891 bits per heavy atom. The lowest BCUT2D eigenvalue weighted by atomic mass is 10.0. The fraction of sp³-hybridized carbons (Fsp3) is 0.829. The molecule has 0 heterocycles. The van der Waals surface area contributed by atoms with Crippen LogP contribution < -0.4 is 5.32 Å². The lowest BCUT2D eigenvalue weighted by Crippen LogP contribution is -2.48. The van der Waals surface area contributed by atoms with Crippen molar-refractivity contribution in [1.82, 2.24) is 5.32 Å². The van der Waals surface area contributed by atoms with Gasteiger partial charge in [-0.05, 0) is 44.9 Å². The number of hydrogen-bond acceptors (Lipinski definition) is 4. The molecule has 0 bridgehead atoms. The molecular formula is C41H77NO4. The highest BCUT2D eigenvalue weighted by molar-refractivity contribution is 5.80. The molecule has 0 aromatic carbocycles. The zero-order chi connectivity index (χ0) is 33.8. The number of aliphatic hydroxyl groups is 3. The zero-order valence-electron chi connectivity index (χ0n) is 30.5. The number of carbonyl (C=O) groups is 1. The van der Waals surface area contributed by atoms with Crippen molar-refractivity contribution in [3.8, 4) is 0 Å². The number of nitrogens with one attached hydrogen (secondary N) is 1. The van der Waals surface area contributed by atoms with Gasteiger partial charge in [-0.1, -0.05) is 185 Å². The summed E-state index contributed by atoms with van der Waals surface area (Å²) in [5.74, 6) is -0.519. The van der Waals surface area contributed by atoms with Crippen LogP contribution in [-0.2, 0) is 4.79 Å². The molecule has 3 unspecified atom stereocenters. The summed E-state index contributed by atoms with van der Waals surface area (Å²) in [7, 11) is 0. The van der Waals surface area contributed by atoms with Gasteiger partial charge in [-0.25, -0.2) is 0 Å². The molecule has 4 N–H and O–H groups in total. The second kappa shape index (κ2) is 36.4. The maximum Gasteiger partial charge on any atom is 0.249 e. The molecule has 0 aromatic heterocycles. The topological polar surface area (TPSA) is 89.8 Å². The molecule has 0 fully saturated rings. The highest BCUT2D eigenvalue weighted by Crippen LogP contribution is 2.14. The van der Waals surface area contributed by atoms with Crippen LogP contribution in [0.1, 0.15) is 194 Å². The predicted octanol–water partition coefficient (Wildman–Crippen LogP) is 10.8. The van der Waals surface area contributed by atoms with Gasteiger partial charge in [0.1, 0.15) is 6.10 Å². The normalized spacial score (nSPS) is 14.1. The van der Waals surface area contributed by atoms with E-state index in [9.17, 15) is 20.1 Å². The molecule has 3 atom stereocenters. The number of amides is 1. The molecule has 0 spiro atoms. The van der Waals surface area contributed by atoms with Gasteiger partial charge in [-0.3, -0.25) is 4.79 Å². The van der Waals surface area contributed by atoms with Gasteiger partial charge in [0, 0.05) is 0 Å². The van der Waals surface area contributed by atoms with Crippen LogP contribution in [-0.4, -0.2) is 46.1 Å². The van der Waals surface area contributed by atoms with Crippen LogP contribution in [0.2, 0.25) is 0 Å². The highest BCUT2D eigenvalue weighted by atomic mass is 16.3. The molecule has 1 amide bonds. The van der Waals surface area contributed by atoms with Gasteiger partial charge in [0.15, 0.2) is 0 Å². The molecule has 0 radical (unpaired) electrons. The van der Waals surface area contributed by atoms with Crippen LogP contribution in [0.4, 0.5) is 0 Å². The number of allylic oxidation sites excluding steroid dienone is 5. The lowest BCUT2D eigenvalue weighted by molar-refractivity contribution is -0.131. The number of aliphatic hydroxyl groups excluding tert-OH is 3. The Balaban J connectivity index is 3.78. The Bertz CT molecular complexity index is 719. The zero-order valence-corrected chi connectivity index (χ0v) is 30.5. The summed E-state index contributed by atoms with van der Waals surface area (Å²) in [5.41, 5.74) is 0. The first kappa shape index (κ1) is 44.6. The van der Waals surface area contributed by atoms with E-state index in [0.717, 1.165) is 44.9 Å². The molecule has 46 heavy (non-hydrogen) atoms. The van der Waals surface area contributed by atoms with Crippen molar-refractivity contribution in [2.45, 2.75) is 212 Å². The SMILES string of the molecule is CCCCCCCCCCCCC/C=C/CC/C=C/CC/C=C/C(O)C(CO)NC(=O)C(O)CCCCCCCCCCCCC. The standard InChI is InChI=1S/C41H77NO4/c1-3-5-7-9-11-13-15-16-17-18-19-20-21-22-23-24-26-27-29-31-33-35-39(44)38(37-43)42-41(46)40(45)36-34-32-30-28-25-14-12-10-8-6-4-2/h21-22,26-27,33,35,38-40,43-45H,3-20,23-25,28-32,34,36-37H2,1-2H3,(H,42,46)/b22-21+,27-26+,35-33+. The first-order valence-electron chi connectivity index (χ1n) is 19.8. The Morgan fingerprint density at radius 1 is 0.522 bits per heavy atom. The maximum absolute atomic E-state index is 12.4. The summed E-state index contributed by atoms with van der Waals surface area (Å²) in [5, 5.41) is 32.9. The van der Waals surface area contributed by atoms with Crippen LogP contribution in [0.5, 0.6) is 0 Å². The molecule has 0 aromatic rings. The molecule has 0 aliphatic carbocycles. The summed E-state index contributed by atoms with van der Waals surface area (Å²) in [6, 6.07) is -0.817.